The molecule has 0 fully saturated rings. The Hall–Kier alpha value is -1.39. The first-order valence-electron chi connectivity index (χ1n) is 5.51. The van der Waals surface area contributed by atoms with E-state index in [0.29, 0.717) is 13.2 Å². The van der Waals surface area contributed by atoms with E-state index in [4.69, 9.17) is 9.84 Å². The SMILES string of the molecule is COCc1cccc(CNC(C)(C)C(=O)O)c1. The van der Waals surface area contributed by atoms with Crippen LogP contribution >= 0.6 is 0 Å². The molecule has 4 nitrogen and oxygen atoms in total. The summed E-state index contributed by atoms with van der Waals surface area (Å²) in [5.74, 6) is -0.856. The molecule has 1 aromatic carbocycles. The molecule has 0 spiro atoms. The largest absolute Gasteiger partial charge is 0.480 e. The van der Waals surface area contributed by atoms with Crippen molar-refractivity contribution in [2.75, 3.05) is 7.11 Å². The molecule has 0 unspecified atom stereocenters. The molecular weight excluding hydrogens is 218 g/mol. The zero-order valence-corrected chi connectivity index (χ0v) is 10.5. The van der Waals surface area contributed by atoms with Crippen LogP contribution in [0, 0.1) is 0 Å². The number of methoxy groups -OCH3 is 1. The fourth-order valence-corrected chi connectivity index (χ4v) is 1.39. The van der Waals surface area contributed by atoms with Crippen molar-refractivity contribution >= 4 is 5.97 Å². The van der Waals surface area contributed by atoms with Gasteiger partial charge < -0.3 is 9.84 Å². The molecule has 2 N–H and O–H groups in total. The lowest BCUT2D eigenvalue weighted by molar-refractivity contribution is -0.143. The summed E-state index contributed by atoms with van der Waals surface area (Å²) in [6.07, 6.45) is 0. The minimum atomic E-state index is -0.919. The second-order valence-electron chi connectivity index (χ2n) is 4.54. The van der Waals surface area contributed by atoms with Gasteiger partial charge in [0.2, 0.25) is 0 Å². The average molecular weight is 237 g/mol. The maximum atomic E-state index is 10.9. The number of hydrogen-bond donors (Lipinski definition) is 2. The third-order valence-corrected chi connectivity index (χ3v) is 2.57. The molecule has 1 aromatic rings. The second kappa shape index (κ2) is 5.80. The number of ether oxygens (including phenoxy) is 1. The van der Waals surface area contributed by atoms with Crippen LogP contribution < -0.4 is 5.32 Å². The van der Waals surface area contributed by atoms with Crippen molar-refractivity contribution in [1.82, 2.24) is 5.32 Å². The molecule has 0 aliphatic rings. The fraction of sp³-hybridized carbons (Fsp3) is 0.462. The zero-order chi connectivity index (χ0) is 12.9. The quantitative estimate of drug-likeness (QED) is 0.792. The fourth-order valence-electron chi connectivity index (χ4n) is 1.39. The maximum absolute atomic E-state index is 10.9. The summed E-state index contributed by atoms with van der Waals surface area (Å²) in [5, 5.41) is 12.0. The second-order valence-corrected chi connectivity index (χ2v) is 4.54. The van der Waals surface area contributed by atoms with Crippen molar-refractivity contribution in [3.05, 3.63) is 35.4 Å². The number of nitrogens with one attached hydrogen (secondary N) is 1. The lowest BCUT2D eigenvalue weighted by Crippen LogP contribution is -2.46. The van der Waals surface area contributed by atoms with Gasteiger partial charge in [0, 0.05) is 13.7 Å². The smallest absolute Gasteiger partial charge is 0.323 e. The summed E-state index contributed by atoms with van der Waals surface area (Å²) < 4.78 is 5.05. The number of carboxylic acid groups (broad SMARTS) is 1. The van der Waals surface area contributed by atoms with Crippen molar-refractivity contribution in [2.45, 2.75) is 32.5 Å². The molecule has 0 heterocycles. The summed E-state index contributed by atoms with van der Waals surface area (Å²) in [5.41, 5.74) is 1.21. The minimum Gasteiger partial charge on any atom is -0.480 e. The van der Waals surface area contributed by atoms with Gasteiger partial charge in [0.25, 0.3) is 0 Å². The summed E-state index contributed by atoms with van der Waals surface area (Å²) in [6.45, 7) is 4.38. The van der Waals surface area contributed by atoms with E-state index in [1.165, 1.54) is 0 Å². The Bertz CT molecular complexity index is 388. The molecule has 0 saturated heterocycles. The minimum absolute atomic E-state index is 0.525. The standard InChI is InChI=1S/C13H19NO3/c1-13(2,12(15)16)14-8-10-5-4-6-11(7-10)9-17-3/h4-7,14H,8-9H2,1-3H3,(H,15,16). The number of aliphatic carboxylic acids is 1. The summed E-state index contributed by atoms with van der Waals surface area (Å²) in [6, 6.07) is 7.90. The van der Waals surface area contributed by atoms with Gasteiger partial charge in [0.15, 0.2) is 0 Å². The number of hydrogen-bond acceptors (Lipinski definition) is 3. The normalized spacial score (nSPS) is 11.5. The topological polar surface area (TPSA) is 58.6 Å². The first kappa shape index (κ1) is 13.7. The van der Waals surface area contributed by atoms with Gasteiger partial charge >= 0.3 is 5.97 Å². The number of carbonyl (C=O) groups is 1. The van der Waals surface area contributed by atoms with Crippen molar-refractivity contribution in [3.8, 4) is 0 Å². The molecule has 94 valence electrons. The van der Waals surface area contributed by atoms with Crippen LogP contribution in [0.3, 0.4) is 0 Å². The van der Waals surface area contributed by atoms with E-state index in [1.807, 2.05) is 24.3 Å². The lowest BCUT2D eigenvalue weighted by atomic mass is 10.0. The molecule has 0 saturated carbocycles. The Morgan fingerprint density at radius 3 is 2.65 bits per heavy atom. The third-order valence-electron chi connectivity index (χ3n) is 2.57. The molecule has 0 atom stereocenters. The van der Waals surface area contributed by atoms with Gasteiger partial charge in [-0.05, 0) is 25.0 Å². The monoisotopic (exact) mass is 237 g/mol. The first-order valence-corrected chi connectivity index (χ1v) is 5.51. The van der Waals surface area contributed by atoms with E-state index in [-0.39, 0.29) is 0 Å². The van der Waals surface area contributed by atoms with E-state index in [0.717, 1.165) is 11.1 Å². The van der Waals surface area contributed by atoms with Crippen LogP contribution in [0.4, 0.5) is 0 Å². The van der Waals surface area contributed by atoms with Crippen LogP contribution in [0.15, 0.2) is 24.3 Å². The van der Waals surface area contributed by atoms with Crippen molar-refractivity contribution in [3.63, 3.8) is 0 Å². The van der Waals surface area contributed by atoms with Crippen molar-refractivity contribution in [2.24, 2.45) is 0 Å². The van der Waals surface area contributed by atoms with E-state index >= 15 is 0 Å². The van der Waals surface area contributed by atoms with Gasteiger partial charge in [-0.15, -0.1) is 0 Å². The van der Waals surface area contributed by atoms with Crippen molar-refractivity contribution in [1.29, 1.82) is 0 Å². The van der Waals surface area contributed by atoms with Gasteiger partial charge in [-0.1, -0.05) is 24.3 Å². The van der Waals surface area contributed by atoms with E-state index in [2.05, 4.69) is 5.32 Å². The molecule has 17 heavy (non-hydrogen) atoms. The molecule has 0 aromatic heterocycles. The van der Waals surface area contributed by atoms with Gasteiger partial charge in [-0.3, -0.25) is 10.1 Å². The highest BCUT2D eigenvalue weighted by molar-refractivity contribution is 5.77. The first-order chi connectivity index (χ1) is 7.95. The van der Waals surface area contributed by atoms with Crippen LogP contribution in [0.5, 0.6) is 0 Å². The van der Waals surface area contributed by atoms with Crippen molar-refractivity contribution < 1.29 is 14.6 Å². The van der Waals surface area contributed by atoms with Gasteiger partial charge in [-0.2, -0.15) is 0 Å². The van der Waals surface area contributed by atoms with Crippen LogP contribution in [-0.4, -0.2) is 23.7 Å². The van der Waals surface area contributed by atoms with E-state index in [9.17, 15) is 4.79 Å². The molecule has 0 radical (unpaired) electrons. The number of benzene rings is 1. The summed E-state index contributed by atoms with van der Waals surface area (Å²) in [4.78, 5) is 10.9. The van der Waals surface area contributed by atoms with Crippen LogP contribution in [0.25, 0.3) is 0 Å². The third kappa shape index (κ3) is 4.17. The molecule has 1 rings (SSSR count). The van der Waals surface area contributed by atoms with Crippen LogP contribution in [-0.2, 0) is 22.7 Å². The maximum Gasteiger partial charge on any atom is 0.323 e. The molecule has 4 heteroatoms. The average Bonchev–Trinajstić information content (AvgIpc) is 2.27. The highest BCUT2D eigenvalue weighted by Gasteiger charge is 2.25. The highest BCUT2D eigenvalue weighted by Crippen LogP contribution is 2.09. The Balaban J connectivity index is 2.63. The Labute approximate surface area is 102 Å². The molecule has 0 amide bonds. The van der Waals surface area contributed by atoms with Gasteiger partial charge in [-0.25, -0.2) is 0 Å². The predicted molar refractivity (Wildman–Crippen MR) is 65.7 cm³/mol. The van der Waals surface area contributed by atoms with Crippen LogP contribution in [0.1, 0.15) is 25.0 Å². The Morgan fingerprint density at radius 1 is 1.41 bits per heavy atom. The Morgan fingerprint density at radius 2 is 2.06 bits per heavy atom. The molecular formula is C13H19NO3. The predicted octanol–water partition coefficient (Wildman–Crippen LogP) is 1.79. The molecule has 0 bridgehead atoms. The lowest BCUT2D eigenvalue weighted by Gasteiger charge is -2.21. The van der Waals surface area contributed by atoms with E-state index in [1.54, 1.807) is 21.0 Å². The van der Waals surface area contributed by atoms with Crippen LogP contribution in [0.2, 0.25) is 0 Å². The van der Waals surface area contributed by atoms with Gasteiger partial charge in [0.1, 0.15) is 5.54 Å². The zero-order valence-electron chi connectivity index (χ0n) is 10.5. The molecule has 0 aliphatic heterocycles. The highest BCUT2D eigenvalue weighted by atomic mass is 16.5. The number of rotatable bonds is 6. The summed E-state index contributed by atoms with van der Waals surface area (Å²) >= 11 is 0. The van der Waals surface area contributed by atoms with E-state index < -0.39 is 11.5 Å². The number of carboxylic acids is 1. The summed E-state index contributed by atoms with van der Waals surface area (Å²) in [7, 11) is 1.65. The molecule has 0 aliphatic carbocycles. The Kier molecular flexibility index (Phi) is 4.66. The van der Waals surface area contributed by atoms with Gasteiger partial charge in [0.05, 0.1) is 6.61 Å².